The number of alkyl carbamates (subject to hydrolysis) is 2. The molecule has 0 aliphatic heterocycles. The molecule has 0 aliphatic carbocycles. The Labute approximate surface area is 305 Å². The first-order valence-corrected chi connectivity index (χ1v) is 17.4. The van der Waals surface area contributed by atoms with E-state index < -0.39 is 71.6 Å². The average Bonchev–Trinajstić information content (AvgIpc) is 3.06. The van der Waals surface area contributed by atoms with Gasteiger partial charge in [0.25, 0.3) is 0 Å². The standard InChI is InChI=1S/C35H57N7O10/c1-34(2,3)51-31(47)26(17-11-13-18-37-32(48)50-23-24-14-8-7-9-15-24)42-30(46)25(16-10-12-19-38-33(49)52-35(4,5)6)41-29(45)22-40-28(44)21-39-27(43)20-36/h7-9,14-15,25-26H,10-13,16-23,36H2,1-6H3,(H,37,48)(H,38,49)(H,39,43)(H,40,44)(H,41,45)(H,42,46)/t25-,26-/m0/s1. The Hall–Kier alpha value is -4.93. The summed E-state index contributed by atoms with van der Waals surface area (Å²) in [4.78, 5) is 86.9. The monoisotopic (exact) mass is 735 g/mol. The fourth-order valence-corrected chi connectivity index (χ4v) is 4.32. The highest BCUT2D eigenvalue weighted by Gasteiger charge is 2.30. The summed E-state index contributed by atoms with van der Waals surface area (Å²) < 4.78 is 16.0. The third-order valence-corrected chi connectivity index (χ3v) is 6.73. The first-order chi connectivity index (χ1) is 24.4. The molecule has 1 aromatic rings. The second-order valence-electron chi connectivity index (χ2n) is 13.9. The van der Waals surface area contributed by atoms with E-state index in [2.05, 4.69) is 31.9 Å². The van der Waals surface area contributed by atoms with Crippen LogP contribution in [0.2, 0.25) is 0 Å². The van der Waals surface area contributed by atoms with E-state index >= 15 is 0 Å². The van der Waals surface area contributed by atoms with E-state index in [0.717, 1.165) is 5.56 Å². The molecule has 2 atom stereocenters. The zero-order valence-electron chi connectivity index (χ0n) is 31.2. The Bertz CT molecular complexity index is 1310. The maximum absolute atomic E-state index is 13.6. The summed E-state index contributed by atoms with van der Waals surface area (Å²) in [5.41, 5.74) is 4.53. The lowest BCUT2D eigenvalue weighted by molar-refractivity contribution is -0.159. The van der Waals surface area contributed by atoms with E-state index in [1.807, 2.05) is 30.3 Å². The molecule has 17 nitrogen and oxygen atoms in total. The van der Waals surface area contributed by atoms with Gasteiger partial charge in [-0.2, -0.15) is 0 Å². The van der Waals surface area contributed by atoms with Crippen LogP contribution in [0.4, 0.5) is 9.59 Å². The molecule has 1 aromatic carbocycles. The van der Waals surface area contributed by atoms with Gasteiger partial charge >= 0.3 is 18.2 Å². The van der Waals surface area contributed by atoms with E-state index in [4.69, 9.17) is 19.9 Å². The molecule has 0 bridgehead atoms. The molecule has 0 saturated heterocycles. The number of nitrogens with one attached hydrogen (secondary N) is 6. The quantitative estimate of drug-likeness (QED) is 0.0539. The molecule has 6 amide bonds. The predicted molar refractivity (Wildman–Crippen MR) is 191 cm³/mol. The van der Waals surface area contributed by atoms with Crippen molar-refractivity contribution in [3.8, 4) is 0 Å². The van der Waals surface area contributed by atoms with Crippen molar-refractivity contribution in [1.82, 2.24) is 31.9 Å². The summed E-state index contributed by atoms with van der Waals surface area (Å²) in [7, 11) is 0. The number of hydrogen-bond donors (Lipinski definition) is 7. The summed E-state index contributed by atoms with van der Waals surface area (Å²) in [5.74, 6) is -3.21. The van der Waals surface area contributed by atoms with Crippen LogP contribution >= 0.6 is 0 Å². The third kappa shape index (κ3) is 22.7. The van der Waals surface area contributed by atoms with Gasteiger partial charge < -0.3 is 51.8 Å². The van der Waals surface area contributed by atoms with Crippen molar-refractivity contribution in [3.63, 3.8) is 0 Å². The molecule has 0 aliphatic rings. The lowest BCUT2D eigenvalue weighted by atomic mass is 10.1. The van der Waals surface area contributed by atoms with Gasteiger partial charge in [0, 0.05) is 13.1 Å². The molecule has 0 radical (unpaired) electrons. The maximum Gasteiger partial charge on any atom is 0.407 e. The minimum Gasteiger partial charge on any atom is -0.458 e. The first-order valence-electron chi connectivity index (χ1n) is 17.4. The first kappa shape index (κ1) is 45.1. The Morgan fingerprint density at radius 3 is 1.75 bits per heavy atom. The molecule has 0 heterocycles. The van der Waals surface area contributed by atoms with E-state index in [9.17, 15) is 33.6 Å². The number of amides is 6. The van der Waals surface area contributed by atoms with Crippen molar-refractivity contribution in [2.45, 2.75) is 110 Å². The van der Waals surface area contributed by atoms with Crippen molar-refractivity contribution >= 4 is 41.8 Å². The SMILES string of the molecule is CC(C)(C)OC(=O)NCCCC[C@H](NC(=O)CNC(=O)CNC(=O)CN)C(=O)N[C@@H](CCCCNC(=O)OCc1ccccc1)C(=O)OC(C)(C)C. The number of ether oxygens (including phenoxy) is 3. The van der Waals surface area contributed by atoms with Gasteiger partial charge in [-0.3, -0.25) is 19.2 Å². The van der Waals surface area contributed by atoms with Gasteiger partial charge in [0.2, 0.25) is 23.6 Å². The summed E-state index contributed by atoms with van der Waals surface area (Å²) in [6.07, 6.45) is 0.831. The van der Waals surface area contributed by atoms with Crippen molar-refractivity contribution in [2.24, 2.45) is 5.73 Å². The number of esters is 1. The molecule has 52 heavy (non-hydrogen) atoms. The van der Waals surface area contributed by atoms with Crippen LogP contribution in [0.5, 0.6) is 0 Å². The normalized spacial score (nSPS) is 12.3. The molecule has 0 fully saturated rings. The van der Waals surface area contributed by atoms with Crippen LogP contribution in [0.15, 0.2) is 30.3 Å². The number of carbonyl (C=O) groups excluding carboxylic acids is 7. The Morgan fingerprint density at radius 2 is 1.17 bits per heavy atom. The number of nitrogens with two attached hydrogens (primary N) is 1. The molecule has 0 spiro atoms. The molecule has 0 aromatic heterocycles. The number of unbranched alkanes of at least 4 members (excludes halogenated alkanes) is 2. The van der Waals surface area contributed by atoms with Gasteiger partial charge in [0.05, 0.1) is 19.6 Å². The zero-order chi connectivity index (χ0) is 39.2. The molecule has 8 N–H and O–H groups in total. The van der Waals surface area contributed by atoms with Crippen molar-refractivity contribution in [1.29, 1.82) is 0 Å². The average molecular weight is 736 g/mol. The Kier molecular flexibility index (Phi) is 20.4. The van der Waals surface area contributed by atoms with Gasteiger partial charge in [-0.25, -0.2) is 14.4 Å². The molecule has 1 rings (SSSR count). The smallest absolute Gasteiger partial charge is 0.407 e. The molecule has 292 valence electrons. The maximum atomic E-state index is 13.6. The van der Waals surface area contributed by atoms with Crippen LogP contribution in [0.25, 0.3) is 0 Å². The summed E-state index contributed by atoms with van der Waals surface area (Å²) in [6.45, 7) is 9.75. The second kappa shape index (κ2) is 23.5. The third-order valence-electron chi connectivity index (χ3n) is 6.73. The fraction of sp³-hybridized carbons (Fsp3) is 0.629. The highest BCUT2D eigenvalue weighted by Crippen LogP contribution is 2.13. The van der Waals surface area contributed by atoms with Crippen molar-refractivity contribution < 1.29 is 47.8 Å². The van der Waals surface area contributed by atoms with Crippen LogP contribution in [0.3, 0.4) is 0 Å². The summed E-state index contributed by atoms with van der Waals surface area (Å²) >= 11 is 0. The summed E-state index contributed by atoms with van der Waals surface area (Å²) in [6, 6.07) is 7.03. The molecule has 17 heteroatoms. The minimum atomic E-state index is -1.12. The van der Waals surface area contributed by atoms with Crippen LogP contribution in [0.1, 0.15) is 85.6 Å². The fourth-order valence-electron chi connectivity index (χ4n) is 4.32. The van der Waals surface area contributed by atoms with Gasteiger partial charge in [0.1, 0.15) is 29.9 Å². The molecule has 0 unspecified atom stereocenters. The van der Waals surface area contributed by atoms with Crippen molar-refractivity contribution in [3.05, 3.63) is 35.9 Å². The topological polar surface area (TPSA) is 245 Å². The van der Waals surface area contributed by atoms with Crippen LogP contribution in [-0.2, 0) is 44.8 Å². The van der Waals surface area contributed by atoms with Gasteiger partial charge in [-0.1, -0.05) is 30.3 Å². The highest BCUT2D eigenvalue weighted by atomic mass is 16.6. The minimum absolute atomic E-state index is 0.122. The van der Waals surface area contributed by atoms with E-state index in [-0.39, 0.29) is 45.6 Å². The van der Waals surface area contributed by atoms with Gasteiger partial charge in [0.15, 0.2) is 0 Å². The van der Waals surface area contributed by atoms with Gasteiger partial charge in [-0.15, -0.1) is 0 Å². The zero-order valence-corrected chi connectivity index (χ0v) is 31.2. The predicted octanol–water partition coefficient (Wildman–Crippen LogP) is 1.28. The molecular formula is C35H57N7O10. The number of hydrogen-bond acceptors (Lipinski definition) is 11. The van der Waals surface area contributed by atoms with E-state index in [0.29, 0.717) is 25.7 Å². The van der Waals surface area contributed by atoms with E-state index in [1.54, 1.807) is 41.5 Å². The van der Waals surface area contributed by atoms with Crippen LogP contribution < -0.4 is 37.6 Å². The molecular weight excluding hydrogens is 678 g/mol. The highest BCUT2D eigenvalue weighted by molar-refractivity contribution is 5.93. The summed E-state index contributed by atoms with van der Waals surface area (Å²) in [5, 5.41) is 15.2. The second-order valence-corrected chi connectivity index (χ2v) is 13.9. The number of rotatable bonds is 21. The number of benzene rings is 1. The van der Waals surface area contributed by atoms with Crippen molar-refractivity contribution in [2.75, 3.05) is 32.7 Å². The van der Waals surface area contributed by atoms with E-state index in [1.165, 1.54) is 0 Å². The largest absolute Gasteiger partial charge is 0.458 e. The Morgan fingerprint density at radius 1 is 0.635 bits per heavy atom. The number of carbonyl (C=O) groups is 7. The van der Waals surface area contributed by atoms with Gasteiger partial charge in [-0.05, 0) is 85.6 Å². The lowest BCUT2D eigenvalue weighted by Gasteiger charge is -2.26. The Balaban J connectivity index is 2.84. The lowest BCUT2D eigenvalue weighted by Crippen LogP contribution is -2.54. The van der Waals surface area contributed by atoms with Crippen LogP contribution in [-0.4, -0.2) is 97.8 Å². The molecule has 0 saturated carbocycles. The van der Waals surface area contributed by atoms with Crippen LogP contribution in [0, 0.1) is 0 Å².